The van der Waals surface area contributed by atoms with Crippen LogP contribution < -0.4 is 5.32 Å². The van der Waals surface area contributed by atoms with E-state index in [1.807, 2.05) is 41.3 Å². The summed E-state index contributed by atoms with van der Waals surface area (Å²) in [5.74, 6) is 0.155. The number of para-hydroxylation sites is 1. The molecule has 0 saturated carbocycles. The molecule has 2 amide bonds. The number of rotatable bonds is 5. The topological polar surface area (TPSA) is 61.9 Å². The molecule has 0 unspecified atom stereocenters. The molecule has 2 atom stereocenters. The van der Waals surface area contributed by atoms with Crippen molar-refractivity contribution in [3.8, 4) is 0 Å². The van der Waals surface area contributed by atoms with Crippen molar-refractivity contribution in [1.29, 1.82) is 0 Å². The molecular weight excluding hydrogens is 390 g/mol. The Balaban J connectivity index is 1.44. The van der Waals surface area contributed by atoms with Crippen LogP contribution in [0, 0.1) is 0 Å². The fourth-order valence-electron chi connectivity index (χ4n) is 5.49. The van der Waals surface area contributed by atoms with Gasteiger partial charge in [-0.1, -0.05) is 48.5 Å². The van der Waals surface area contributed by atoms with Crippen molar-refractivity contribution < 1.29 is 14.3 Å². The molecule has 0 aliphatic carbocycles. The van der Waals surface area contributed by atoms with Crippen LogP contribution >= 0.6 is 0 Å². The van der Waals surface area contributed by atoms with Gasteiger partial charge in [-0.2, -0.15) is 0 Å². The first-order chi connectivity index (χ1) is 15.2. The minimum atomic E-state index is -0.661. The molecule has 5 rings (SSSR count). The van der Waals surface area contributed by atoms with E-state index in [-0.39, 0.29) is 17.9 Å². The Morgan fingerprint density at radius 1 is 1.03 bits per heavy atom. The van der Waals surface area contributed by atoms with Gasteiger partial charge in [0.05, 0.1) is 31.2 Å². The fraction of sp³-hybridized carbons (Fsp3) is 0.440. The second kappa shape index (κ2) is 8.44. The van der Waals surface area contributed by atoms with Crippen molar-refractivity contribution in [3.05, 3.63) is 65.7 Å². The quantitative estimate of drug-likeness (QED) is 0.809. The maximum atomic E-state index is 13.4. The zero-order valence-corrected chi connectivity index (χ0v) is 17.8. The molecule has 1 spiro atoms. The molecule has 0 radical (unpaired) electrons. The lowest BCUT2D eigenvalue weighted by Crippen LogP contribution is -2.51. The van der Waals surface area contributed by atoms with Crippen molar-refractivity contribution in [2.24, 2.45) is 0 Å². The van der Waals surface area contributed by atoms with E-state index in [2.05, 4.69) is 28.4 Å². The molecule has 0 bridgehead atoms. The molecular formula is C25H29N3O3. The van der Waals surface area contributed by atoms with E-state index in [1.54, 1.807) is 0 Å². The van der Waals surface area contributed by atoms with Gasteiger partial charge in [-0.05, 0) is 36.5 Å². The van der Waals surface area contributed by atoms with Gasteiger partial charge in [-0.3, -0.25) is 14.5 Å². The summed E-state index contributed by atoms with van der Waals surface area (Å²) in [5, 5.41) is 3.10. The number of ether oxygens (including phenoxy) is 1. The Hall–Kier alpha value is -2.70. The summed E-state index contributed by atoms with van der Waals surface area (Å²) in [4.78, 5) is 30.9. The highest BCUT2D eigenvalue weighted by atomic mass is 16.5. The van der Waals surface area contributed by atoms with Gasteiger partial charge in [0.2, 0.25) is 11.8 Å². The summed E-state index contributed by atoms with van der Waals surface area (Å²) in [7, 11) is 0. The molecule has 0 aromatic heterocycles. The van der Waals surface area contributed by atoms with Gasteiger partial charge >= 0.3 is 0 Å². The van der Waals surface area contributed by atoms with Crippen LogP contribution in [0.25, 0.3) is 0 Å². The Morgan fingerprint density at radius 2 is 1.77 bits per heavy atom. The average molecular weight is 420 g/mol. The number of likely N-dealkylation sites (tertiary alicyclic amines) is 1. The molecule has 2 saturated heterocycles. The minimum Gasteiger partial charge on any atom is -0.379 e. The second-order valence-electron chi connectivity index (χ2n) is 8.74. The smallest absolute Gasteiger partial charge is 0.237 e. The van der Waals surface area contributed by atoms with Crippen LogP contribution in [0.4, 0.5) is 5.69 Å². The fourth-order valence-corrected chi connectivity index (χ4v) is 5.49. The lowest BCUT2D eigenvalue weighted by Gasteiger charge is -2.35. The predicted molar refractivity (Wildman–Crippen MR) is 119 cm³/mol. The zero-order chi connectivity index (χ0) is 21.3. The van der Waals surface area contributed by atoms with Crippen LogP contribution in [0.3, 0.4) is 0 Å². The third-order valence-corrected chi connectivity index (χ3v) is 7.09. The van der Waals surface area contributed by atoms with Crippen molar-refractivity contribution in [2.75, 3.05) is 44.7 Å². The minimum absolute atomic E-state index is 0.0356. The zero-order valence-electron chi connectivity index (χ0n) is 17.8. The molecule has 2 aromatic carbocycles. The summed E-state index contributed by atoms with van der Waals surface area (Å²) in [6, 6.07) is 18.1. The lowest BCUT2D eigenvalue weighted by atomic mass is 9.73. The number of nitrogens with zero attached hydrogens (tertiary/aromatic N) is 2. The van der Waals surface area contributed by atoms with Crippen LogP contribution in [-0.4, -0.2) is 67.0 Å². The Morgan fingerprint density at radius 3 is 2.58 bits per heavy atom. The van der Waals surface area contributed by atoms with Crippen molar-refractivity contribution in [3.63, 3.8) is 0 Å². The molecule has 1 N–H and O–H groups in total. The molecule has 6 nitrogen and oxygen atoms in total. The highest BCUT2D eigenvalue weighted by Crippen LogP contribution is 2.49. The normalized spacial score (nSPS) is 25.6. The summed E-state index contributed by atoms with van der Waals surface area (Å²) in [6.45, 7) is 3.91. The van der Waals surface area contributed by atoms with Crippen LogP contribution in [-0.2, 0) is 26.2 Å². The number of morpholine rings is 1. The number of hydrogen-bond donors (Lipinski definition) is 1. The van der Waals surface area contributed by atoms with E-state index in [1.165, 1.54) is 5.56 Å². The third-order valence-electron chi connectivity index (χ3n) is 7.09. The van der Waals surface area contributed by atoms with Gasteiger partial charge in [0.15, 0.2) is 0 Å². The Labute approximate surface area is 183 Å². The Kier molecular flexibility index (Phi) is 5.50. The average Bonchev–Trinajstić information content (AvgIpc) is 3.33. The number of hydrogen-bond acceptors (Lipinski definition) is 4. The molecule has 2 fully saturated rings. The third kappa shape index (κ3) is 3.64. The highest BCUT2D eigenvalue weighted by molar-refractivity contribution is 6.07. The van der Waals surface area contributed by atoms with Gasteiger partial charge in [-0.25, -0.2) is 0 Å². The van der Waals surface area contributed by atoms with Gasteiger partial charge in [0.1, 0.15) is 0 Å². The number of benzene rings is 2. The number of amides is 2. The number of carbonyl (C=O) groups excluding carboxylic acids is 2. The predicted octanol–water partition coefficient (Wildman–Crippen LogP) is 2.44. The van der Waals surface area contributed by atoms with E-state index in [4.69, 9.17) is 4.74 Å². The van der Waals surface area contributed by atoms with Crippen molar-refractivity contribution >= 4 is 17.5 Å². The first-order valence-corrected chi connectivity index (χ1v) is 11.2. The number of nitrogens with one attached hydrogen (secondary N) is 1. The molecule has 162 valence electrons. The first kappa shape index (κ1) is 20.2. The van der Waals surface area contributed by atoms with Gasteiger partial charge in [-0.15, -0.1) is 0 Å². The van der Waals surface area contributed by atoms with E-state index < -0.39 is 5.41 Å². The van der Waals surface area contributed by atoms with E-state index >= 15 is 0 Å². The van der Waals surface area contributed by atoms with Gasteiger partial charge in [0.25, 0.3) is 0 Å². The lowest BCUT2D eigenvalue weighted by molar-refractivity contribution is -0.135. The number of fused-ring (bicyclic) bond motifs is 2. The molecule has 3 aliphatic rings. The summed E-state index contributed by atoms with van der Waals surface area (Å²) < 4.78 is 5.43. The van der Waals surface area contributed by atoms with Crippen LogP contribution in [0.5, 0.6) is 0 Å². The SMILES string of the molecule is O=C(CN1CCOCC1)N1CC[C@]2(C(=O)Nc3ccccc32)[C@@H]1CCc1ccccc1. The molecule has 6 heteroatoms. The summed E-state index contributed by atoms with van der Waals surface area (Å²) >= 11 is 0. The summed E-state index contributed by atoms with van der Waals surface area (Å²) in [5.41, 5.74) is 2.50. The first-order valence-electron chi connectivity index (χ1n) is 11.2. The van der Waals surface area contributed by atoms with Crippen LogP contribution in [0.15, 0.2) is 54.6 Å². The number of carbonyl (C=O) groups is 2. The second-order valence-corrected chi connectivity index (χ2v) is 8.74. The molecule has 3 heterocycles. The number of anilines is 1. The van der Waals surface area contributed by atoms with Crippen LogP contribution in [0.2, 0.25) is 0 Å². The molecule has 2 aromatic rings. The molecule has 31 heavy (non-hydrogen) atoms. The van der Waals surface area contributed by atoms with Crippen LogP contribution in [0.1, 0.15) is 24.0 Å². The standard InChI is InChI=1S/C25H29N3O3/c29-23(18-27-14-16-31-17-15-27)28-13-12-25(20-8-4-5-9-21(20)26-24(25)30)22(28)11-10-19-6-2-1-3-7-19/h1-9,22H,10-18H2,(H,26,30)/t22-,25+/m0/s1. The van der Waals surface area contributed by atoms with E-state index in [0.29, 0.717) is 32.7 Å². The summed E-state index contributed by atoms with van der Waals surface area (Å²) in [6.07, 6.45) is 2.27. The Bertz CT molecular complexity index is 957. The van der Waals surface area contributed by atoms with E-state index in [9.17, 15) is 9.59 Å². The maximum Gasteiger partial charge on any atom is 0.237 e. The van der Waals surface area contributed by atoms with Crippen molar-refractivity contribution in [1.82, 2.24) is 9.80 Å². The van der Waals surface area contributed by atoms with Gasteiger partial charge in [0, 0.05) is 25.3 Å². The molecule has 3 aliphatic heterocycles. The monoisotopic (exact) mass is 419 g/mol. The highest BCUT2D eigenvalue weighted by Gasteiger charge is 2.58. The van der Waals surface area contributed by atoms with Crippen molar-refractivity contribution in [2.45, 2.75) is 30.7 Å². The maximum absolute atomic E-state index is 13.4. The largest absolute Gasteiger partial charge is 0.379 e. The number of aryl methyl sites for hydroxylation is 1. The van der Waals surface area contributed by atoms with Gasteiger partial charge < -0.3 is 15.0 Å². The van der Waals surface area contributed by atoms with E-state index in [0.717, 1.165) is 37.2 Å².